The topological polar surface area (TPSA) is 117 Å². The Morgan fingerprint density at radius 1 is 1.07 bits per heavy atom. The summed E-state index contributed by atoms with van der Waals surface area (Å²) in [5.74, 6) is -0.0982. The number of para-hydroxylation sites is 2. The van der Waals surface area contributed by atoms with E-state index < -0.39 is 23.4 Å². The molecular weight excluding hydrogens is 356 g/mol. The number of esters is 1. The summed E-state index contributed by atoms with van der Waals surface area (Å²) in [6.07, 6.45) is 0. The molecule has 0 atom stereocenters. The van der Waals surface area contributed by atoms with Gasteiger partial charge < -0.3 is 19.5 Å². The predicted molar refractivity (Wildman–Crippen MR) is 94.9 cm³/mol. The van der Waals surface area contributed by atoms with Crippen molar-refractivity contribution in [3.05, 3.63) is 64.2 Å². The third-order valence-electron chi connectivity index (χ3n) is 3.40. The smallest absolute Gasteiger partial charge is 0.338 e. The zero-order chi connectivity index (χ0) is 19.6. The Morgan fingerprint density at radius 2 is 1.74 bits per heavy atom. The molecule has 0 aromatic heterocycles. The lowest BCUT2D eigenvalue weighted by atomic mass is 10.2. The van der Waals surface area contributed by atoms with E-state index in [1.807, 2.05) is 6.07 Å². The van der Waals surface area contributed by atoms with Gasteiger partial charge in [-0.25, -0.2) is 4.79 Å². The first-order valence-corrected chi connectivity index (χ1v) is 7.95. The summed E-state index contributed by atoms with van der Waals surface area (Å²) in [4.78, 5) is 33.5. The van der Waals surface area contributed by atoms with Crippen molar-refractivity contribution in [3.63, 3.8) is 0 Å². The van der Waals surface area contributed by atoms with Crippen molar-refractivity contribution in [1.82, 2.24) is 5.32 Å². The second-order valence-electron chi connectivity index (χ2n) is 5.23. The third kappa shape index (κ3) is 5.99. The number of amides is 1. The Balaban J connectivity index is 1.69. The summed E-state index contributed by atoms with van der Waals surface area (Å²) in [6, 6.07) is 12.0. The number of hydrogen-bond acceptors (Lipinski definition) is 7. The van der Waals surface area contributed by atoms with Crippen LogP contribution in [0.4, 0.5) is 5.69 Å². The van der Waals surface area contributed by atoms with Crippen LogP contribution in [-0.4, -0.2) is 43.7 Å². The number of nitrogens with zero attached hydrogens (tertiary/aromatic N) is 1. The summed E-state index contributed by atoms with van der Waals surface area (Å²) in [7, 11) is 1.53. The molecule has 1 N–H and O–H groups in total. The van der Waals surface area contributed by atoms with E-state index in [0.717, 1.165) is 0 Å². The molecule has 0 bridgehead atoms. The second kappa shape index (κ2) is 9.76. The molecule has 142 valence electrons. The zero-order valence-electron chi connectivity index (χ0n) is 14.5. The molecule has 0 heterocycles. The summed E-state index contributed by atoms with van der Waals surface area (Å²) in [6.45, 7) is -0.0428. The molecule has 0 fully saturated rings. The molecule has 0 unspecified atom stereocenters. The first-order chi connectivity index (χ1) is 13.0. The number of methoxy groups -OCH3 is 1. The molecule has 0 aliphatic heterocycles. The molecule has 27 heavy (non-hydrogen) atoms. The van der Waals surface area contributed by atoms with Crippen LogP contribution in [0.15, 0.2) is 48.5 Å². The summed E-state index contributed by atoms with van der Waals surface area (Å²) < 4.78 is 15.5. The van der Waals surface area contributed by atoms with E-state index in [1.54, 1.807) is 18.2 Å². The molecule has 0 saturated heterocycles. The fourth-order valence-corrected chi connectivity index (χ4v) is 2.07. The Morgan fingerprint density at radius 3 is 2.37 bits per heavy atom. The maximum atomic E-state index is 11.8. The molecule has 2 aromatic rings. The first-order valence-electron chi connectivity index (χ1n) is 7.95. The SMILES string of the molecule is COc1ccccc1OCCNC(=O)COC(=O)c1ccc([N+](=O)[O-])cc1. The van der Waals surface area contributed by atoms with Crippen LogP contribution in [0.2, 0.25) is 0 Å². The lowest BCUT2D eigenvalue weighted by molar-refractivity contribution is -0.384. The van der Waals surface area contributed by atoms with Crippen LogP contribution in [0.1, 0.15) is 10.4 Å². The standard InChI is InChI=1S/C18H18N2O7/c1-25-15-4-2-3-5-16(15)26-11-10-19-17(21)12-27-18(22)13-6-8-14(9-7-13)20(23)24/h2-9H,10-12H2,1H3,(H,19,21). The molecule has 0 aliphatic rings. The van der Waals surface area contributed by atoms with Crippen LogP contribution >= 0.6 is 0 Å². The average molecular weight is 374 g/mol. The third-order valence-corrected chi connectivity index (χ3v) is 3.40. The maximum Gasteiger partial charge on any atom is 0.338 e. The summed E-state index contributed by atoms with van der Waals surface area (Å²) in [5, 5.41) is 13.1. The van der Waals surface area contributed by atoms with Crippen molar-refractivity contribution in [2.24, 2.45) is 0 Å². The van der Waals surface area contributed by atoms with Gasteiger partial charge in [-0.2, -0.15) is 0 Å². The number of ether oxygens (including phenoxy) is 3. The summed E-state index contributed by atoms with van der Waals surface area (Å²) >= 11 is 0. The highest BCUT2D eigenvalue weighted by molar-refractivity contribution is 5.91. The van der Waals surface area contributed by atoms with E-state index in [-0.39, 0.29) is 24.4 Å². The number of rotatable bonds is 9. The van der Waals surface area contributed by atoms with Crippen molar-refractivity contribution in [2.75, 3.05) is 26.9 Å². The van der Waals surface area contributed by atoms with E-state index in [1.165, 1.54) is 31.4 Å². The molecule has 9 nitrogen and oxygen atoms in total. The molecule has 0 radical (unpaired) electrons. The largest absolute Gasteiger partial charge is 0.493 e. The average Bonchev–Trinajstić information content (AvgIpc) is 2.69. The van der Waals surface area contributed by atoms with Gasteiger partial charge in [0, 0.05) is 12.1 Å². The van der Waals surface area contributed by atoms with Gasteiger partial charge in [-0.05, 0) is 24.3 Å². The van der Waals surface area contributed by atoms with Crippen molar-refractivity contribution in [1.29, 1.82) is 0 Å². The highest BCUT2D eigenvalue weighted by atomic mass is 16.6. The van der Waals surface area contributed by atoms with Gasteiger partial charge in [-0.3, -0.25) is 14.9 Å². The fraction of sp³-hybridized carbons (Fsp3) is 0.222. The van der Waals surface area contributed by atoms with Gasteiger partial charge in [0.2, 0.25) is 0 Å². The summed E-state index contributed by atoms with van der Waals surface area (Å²) in [5.41, 5.74) is -0.0211. The number of nitrogens with one attached hydrogen (secondary N) is 1. The monoisotopic (exact) mass is 374 g/mol. The Labute approximate surface area is 155 Å². The minimum absolute atomic E-state index is 0.118. The Bertz CT molecular complexity index is 806. The molecule has 9 heteroatoms. The molecule has 0 spiro atoms. The number of carbonyl (C=O) groups excluding carboxylic acids is 2. The van der Waals surface area contributed by atoms with Crippen LogP contribution in [-0.2, 0) is 9.53 Å². The lowest BCUT2D eigenvalue weighted by Crippen LogP contribution is -2.32. The van der Waals surface area contributed by atoms with E-state index in [0.29, 0.717) is 11.5 Å². The zero-order valence-corrected chi connectivity index (χ0v) is 14.5. The van der Waals surface area contributed by atoms with Gasteiger partial charge in [0.1, 0.15) is 6.61 Å². The molecule has 1 amide bonds. The predicted octanol–water partition coefficient (Wildman–Crippen LogP) is 1.96. The highest BCUT2D eigenvalue weighted by Gasteiger charge is 2.12. The number of nitro benzene ring substituents is 1. The number of nitro groups is 1. The minimum Gasteiger partial charge on any atom is -0.493 e. The van der Waals surface area contributed by atoms with Crippen molar-refractivity contribution >= 4 is 17.6 Å². The van der Waals surface area contributed by atoms with Gasteiger partial charge in [0.15, 0.2) is 18.1 Å². The molecule has 2 rings (SSSR count). The van der Waals surface area contributed by atoms with Crippen LogP contribution in [0, 0.1) is 10.1 Å². The molecule has 2 aromatic carbocycles. The van der Waals surface area contributed by atoms with Crippen LogP contribution < -0.4 is 14.8 Å². The van der Waals surface area contributed by atoms with Gasteiger partial charge in [-0.1, -0.05) is 12.1 Å². The fourth-order valence-electron chi connectivity index (χ4n) is 2.07. The van der Waals surface area contributed by atoms with E-state index in [4.69, 9.17) is 14.2 Å². The van der Waals surface area contributed by atoms with Gasteiger partial charge >= 0.3 is 5.97 Å². The Hall–Kier alpha value is -3.62. The molecule has 0 aliphatic carbocycles. The van der Waals surface area contributed by atoms with Crippen LogP contribution in [0.25, 0.3) is 0 Å². The maximum absolute atomic E-state index is 11.8. The van der Waals surface area contributed by atoms with Gasteiger partial charge in [-0.15, -0.1) is 0 Å². The highest BCUT2D eigenvalue weighted by Crippen LogP contribution is 2.25. The number of benzene rings is 2. The second-order valence-corrected chi connectivity index (χ2v) is 5.23. The number of hydrogen-bond donors (Lipinski definition) is 1. The quantitative estimate of drug-likeness (QED) is 0.308. The molecule has 0 saturated carbocycles. The van der Waals surface area contributed by atoms with Crippen LogP contribution in [0.3, 0.4) is 0 Å². The van der Waals surface area contributed by atoms with E-state index in [9.17, 15) is 19.7 Å². The first kappa shape index (κ1) is 19.7. The van der Waals surface area contributed by atoms with Crippen molar-refractivity contribution < 1.29 is 28.7 Å². The Kier molecular flexibility index (Phi) is 7.12. The van der Waals surface area contributed by atoms with Crippen molar-refractivity contribution in [3.8, 4) is 11.5 Å². The van der Waals surface area contributed by atoms with E-state index >= 15 is 0 Å². The van der Waals surface area contributed by atoms with Crippen LogP contribution in [0.5, 0.6) is 11.5 Å². The van der Waals surface area contributed by atoms with Gasteiger partial charge in [0.05, 0.1) is 24.1 Å². The van der Waals surface area contributed by atoms with Gasteiger partial charge in [0.25, 0.3) is 11.6 Å². The van der Waals surface area contributed by atoms with E-state index in [2.05, 4.69) is 5.32 Å². The minimum atomic E-state index is -0.745. The molecular formula is C18H18N2O7. The normalized spacial score (nSPS) is 9.96. The lowest BCUT2D eigenvalue weighted by Gasteiger charge is -2.11. The number of non-ortho nitro benzene ring substituents is 1. The van der Waals surface area contributed by atoms with Crippen molar-refractivity contribution in [2.45, 2.75) is 0 Å². The number of carbonyl (C=O) groups is 2.